The Morgan fingerprint density at radius 2 is 0.962 bits per heavy atom. The fourth-order valence-corrected chi connectivity index (χ4v) is 9.19. The molecule has 2 aliphatic rings. The van der Waals surface area contributed by atoms with Crippen LogP contribution in [0, 0.1) is 0 Å². The monoisotopic (exact) mass is 665 g/mol. The van der Waals surface area contributed by atoms with Crippen molar-refractivity contribution in [2.75, 3.05) is 4.90 Å². The smallest absolute Gasteiger partial charge is 0.135 e. The molecule has 1 aliphatic carbocycles. The third kappa shape index (κ3) is 3.76. The Balaban J connectivity index is 1.06. The summed E-state index contributed by atoms with van der Waals surface area (Å²) in [6.45, 7) is 0. The molecule has 0 saturated heterocycles. The number of para-hydroxylation sites is 4. The van der Waals surface area contributed by atoms with Crippen LogP contribution in [0.1, 0.15) is 11.5 Å². The van der Waals surface area contributed by atoms with Crippen LogP contribution >= 0.6 is 0 Å². The Labute approximate surface area is 299 Å². The minimum absolute atomic E-state index is 0.193. The van der Waals surface area contributed by atoms with E-state index in [4.69, 9.17) is 4.42 Å². The first-order chi connectivity index (χ1) is 25.8. The number of hydrogen-bond donors (Lipinski definition) is 0. The molecule has 0 N–H and O–H groups in total. The van der Waals surface area contributed by atoms with E-state index in [1.807, 2.05) is 12.1 Å². The van der Waals surface area contributed by atoms with Crippen molar-refractivity contribution in [3.05, 3.63) is 182 Å². The summed E-state index contributed by atoms with van der Waals surface area (Å²) in [5.41, 5.74) is 12.8. The molecule has 0 radical (unpaired) electrons. The van der Waals surface area contributed by atoms with Gasteiger partial charge in [0.05, 0.1) is 28.1 Å². The highest BCUT2D eigenvalue weighted by Gasteiger charge is 2.38. The fraction of sp³-hybridized carbons (Fsp3) is 0.0417. The molecule has 7 aromatic carbocycles. The Bertz CT molecular complexity index is 3100. The average molecular weight is 666 g/mol. The SMILES string of the molecule is C1=CC2c3cc4c5ccccc5n(-c5ccc6oc7ccccc7c6c5)c4cc3N(c3ccc(-n4c5ccccc5c5ccccc54)cc3)C2C=C1. The first-order valence-corrected chi connectivity index (χ1v) is 18.0. The lowest BCUT2D eigenvalue weighted by Crippen LogP contribution is -2.28. The lowest BCUT2D eigenvalue weighted by atomic mass is 9.90. The molecule has 0 saturated carbocycles. The molecule has 0 spiro atoms. The number of aromatic nitrogens is 2. The van der Waals surface area contributed by atoms with Gasteiger partial charge in [-0.05, 0) is 84.4 Å². The second kappa shape index (κ2) is 10.4. The summed E-state index contributed by atoms with van der Waals surface area (Å²) < 4.78 is 11.0. The van der Waals surface area contributed by atoms with Gasteiger partial charge in [-0.3, -0.25) is 0 Å². The highest BCUT2D eigenvalue weighted by molar-refractivity contribution is 6.12. The predicted octanol–water partition coefficient (Wildman–Crippen LogP) is 12.5. The summed E-state index contributed by atoms with van der Waals surface area (Å²) in [7, 11) is 0. The van der Waals surface area contributed by atoms with Gasteiger partial charge in [0.2, 0.25) is 0 Å². The van der Waals surface area contributed by atoms with Crippen molar-refractivity contribution in [3.63, 3.8) is 0 Å². The van der Waals surface area contributed by atoms with Gasteiger partial charge in [-0.25, -0.2) is 0 Å². The number of allylic oxidation sites excluding steroid dienone is 2. The summed E-state index contributed by atoms with van der Waals surface area (Å²) in [5, 5.41) is 7.36. The van der Waals surface area contributed by atoms with Crippen LogP contribution in [0.15, 0.2) is 180 Å². The lowest BCUT2D eigenvalue weighted by Gasteiger charge is -2.29. The number of hydrogen-bond acceptors (Lipinski definition) is 2. The topological polar surface area (TPSA) is 26.2 Å². The largest absolute Gasteiger partial charge is 0.456 e. The zero-order chi connectivity index (χ0) is 33.9. The van der Waals surface area contributed by atoms with Gasteiger partial charge >= 0.3 is 0 Å². The van der Waals surface area contributed by atoms with E-state index in [-0.39, 0.29) is 12.0 Å². The van der Waals surface area contributed by atoms with Gasteiger partial charge in [-0.1, -0.05) is 97.1 Å². The van der Waals surface area contributed by atoms with Crippen LogP contribution in [-0.2, 0) is 0 Å². The van der Waals surface area contributed by atoms with Crippen LogP contribution in [0.3, 0.4) is 0 Å². The van der Waals surface area contributed by atoms with Gasteiger partial charge in [-0.15, -0.1) is 0 Å². The van der Waals surface area contributed by atoms with E-state index in [1.165, 1.54) is 60.5 Å². The van der Waals surface area contributed by atoms with E-state index in [0.29, 0.717) is 0 Å². The molecule has 1 aliphatic heterocycles. The van der Waals surface area contributed by atoms with Gasteiger partial charge in [0, 0.05) is 61.0 Å². The molecule has 52 heavy (non-hydrogen) atoms. The average Bonchev–Trinajstić information content (AvgIpc) is 3.93. The van der Waals surface area contributed by atoms with E-state index in [1.54, 1.807) is 0 Å². The van der Waals surface area contributed by atoms with Crippen LogP contribution in [0.2, 0.25) is 0 Å². The Morgan fingerprint density at radius 1 is 0.404 bits per heavy atom. The maximum Gasteiger partial charge on any atom is 0.135 e. The summed E-state index contributed by atoms with van der Waals surface area (Å²) in [6, 6.07) is 55.4. The summed E-state index contributed by atoms with van der Waals surface area (Å²) in [6.07, 6.45) is 9.14. The van der Waals surface area contributed by atoms with E-state index in [0.717, 1.165) is 33.3 Å². The summed E-state index contributed by atoms with van der Waals surface area (Å²) in [5.74, 6) is 0.261. The molecular formula is C48H31N3O. The van der Waals surface area contributed by atoms with Crippen LogP contribution < -0.4 is 4.90 Å². The van der Waals surface area contributed by atoms with Gasteiger partial charge in [0.1, 0.15) is 11.2 Å². The van der Waals surface area contributed by atoms with Crippen molar-refractivity contribution >= 4 is 76.9 Å². The third-order valence-corrected chi connectivity index (χ3v) is 11.4. The van der Waals surface area contributed by atoms with E-state index < -0.39 is 0 Å². The molecule has 10 aromatic rings. The number of nitrogens with zero attached hydrogens (tertiary/aromatic N) is 3. The van der Waals surface area contributed by atoms with Crippen LogP contribution in [0.4, 0.5) is 11.4 Å². The Kier molecular flexibility index (Phi) is 5.58. The molecule has 4 heteroatoms. The standard InChI is InChI=1S/C48H31N3O/c1-6-16-41-33(11-1)34-12-2-7-17-42(34)49(41)30-21-23-31(24-22-30)50-43-18-8-3-13-35(43)38-28-39-36-14-4-9-19-44(36)51(46(39)29-45(38)50)32-25-26-48-40(27-32)37-15-5-10-20-47(37)52-48/h1-29,35,43H. The van der Waals surface area contributed by atoms with E-state index in [9.17, 15) is 0 Å². The van der Waals surface area contributed by atoms with E-state index in [2.05, 4.69) is 178 Å². The first-order valence-electron chi connectivity index (χ1n) is 18.0. The van der Waals surface area contributed by atoms with Crippen molar-refractivity contribution in [3.8, 4) is 11.4 Å². The molecule has 2 atom stereocenters. The van der Waals surface area contributed by atoms with Crippen molar-refractivity contribution in [2.45, 2.75) is 12.0 Å². The van der Waals surface area contributed by atoms with Crippen LogP contribution in [-0.4, -0.2) is 15.2 Å². The molecule has 244 valence electrons. The molecule has 2 unspecified atom stereocenters. The lowest BCUT2D eigenvalue weighted by molar-refractivity contribution is 0.669. The Morgan fingerprint density at radius 3 is 1.69 bits per heavy atom. The number of benzene rings is 7. The maximum atomic E-state index is 6.22. The molecule has 0 bridgehead atoms. The highest BCUT2D eigenvalue weighted by atomic mass is 16.3. The van der Waals surface area contributed by atoms with Gasteiger partial charge < -0.3 is 18.5 Å². The number of rotatable bonds is 3. The van der Waals surface area contributed by atoms with Crippen molar-refractivity contribution < 1.29 is 4.42 Å². The number of anilines is 2. The van der Waals surface area contributed by atoms with Crippen molar-refractivity contribution in [1.29, 1.82) is 0 Å². The quantitative estimate of drug-likeness (QED) is 0.188. The highest BCUT2D eigenvalue weighted by Crippen LogP contribution is 2.50. The van der Waals surface area contributed by atoms with Crippen molar-refractivity contribution in [2.24, 2.45) is 0 Å². The van der Waals surface area contributed by atoms with Crippen LogP contribution in [0.25, 0.3) is 76.9 Å². The third-order valence-electron chi connectivity index (χ3n) is 11.4. The summed E-state index contributed by atoms with van der Waals surface area (Å²) in [4.78, 5) is 2.55. The summed E-state index contributed by atoms with van der Waals surface area (Å²) >= 11 is 0. The number of furan rings is 1. The molecular weight excluding hydrogens is 635 g/mol. The van der Waals surface area contributed by atoms with E-state index >= 15 is 0 Å². The molecule has 0 fully saturated rings. The molecule has 0 amide bonds. The fourth-order valence-electron chi connectivity index (χ4n) is 9.19. The second-order valence-corrected chi connectivity index (χ2v) is 14.1. The first kappa shape index (κ1) is 28.0. The molecule has 4 nitrogen and oxygen atoms in total. The Hall–Kier alpha value is -6.78. The maximum absolute atomic E-state index is 6.22. The van der Waals surface area contributed by atoms with Crippen LogP contribution in [0.5, 0.6) is 0 Å². The molecule has 4 heterocycles. The molecule has 3 aromatic heterocycles. The van der Waals surface area contributed by atoms with Crippen molar-refractivity contribution in [1.82, 2.24) is 9.13 Å². The van der Waals surface area contributed by atoms with Gasteiger partial charge in [0.25, 0.3) is 0 Å². The minimum Gasteiger partial charge on any atom is -0.456 e. The number of fused-ring (bicyclic) bond motifs is 12. The normalized spacial score (nSPS) is 16.7. The minimum atomic E-state index is 0.193. The van der Waals surface area contributed by atoms with Gasteiger partial charge in [-0.2, -0.15) is 0 Å². The van der Waals surface area contributed by atoms with Gasteiger partial charge in [0.15, 0.2) is 0 Å². The second-order valence-electron chi connectivity index (χ2n) is 14.1. The zero-order valence-corrected chi connectivity index (χ0v) is 28.1. The zero-order valence-electron chi connectivity index (χ0n) is 28.1. The molecule has 12 rings (SSSR count). The predicted molar refractivity (Wildman–Crippen MR) is 216 cm³/mol.